The highest BCUT2D eigenvalue weighted by Crippen LogP contribution is 2.27. The van der Waals surface area contributed by atoms with Crippen molar-refractivity contribution < 1.29 is 38.3 Å². The van der Waals surface area contributed by atoms with Crippen LogP contribution < -0.4 is 43.2 Å². The third kappa shape index (κ3) is 12.7. The molecule has 0 aliphatic carbocycles. The molecule has 3 aromatic carbocycles. The smallest absolute Gasteiger partial charge is 0.410 e. The molecule has 4 rings (SSSR count). The molecule has 0 spiro atoms. The zero-order chi connectivity index (χ0) is 38.3. The summed E-state index contributed by atoms with van der Waals surface area (Å²) in [5, 5.41) is 9.29. The number of carbonyl (C=O) groups excluding carboxylic acids is 7. The van der Waals surface area contributed by atoms with Crippen LogP contribution in [0.2, 0.25) is 0 Å². The Morgan fingerprint density at radius 3 is 2.15 bits per heavy atom. The third-order valence-electron chi connectivity index (χ3n) is 7.98. The van der Waals surface area contributed by atoms with Crippen LogP contribution in [0.3, 0.4) is 0 Å². The van der Waals surface area contributed by atoms with Gasteiger partial charge in [0.25, 0.3) is 0 Å². The van der Waals surface area contributed by atoms with Gasteiger partial charge in [-0.2, -0.15) is 0 Å². The van der Waals surface area contributed by atoms with Crippen molar-refractivity contribution in [3.05, 3.63) is 96.1 Å². The van der Waals surface area contributed by atoms with Crippen LogP contribution in [0, 0.1) is 0 Å². The number of anilines is 1. The lowest BCUT2D eigenvalue weighted by atomic mass is 10.1. The quantitative estimate of drug-likeness (QED) is 0.0862. The maximum atomic E-state index is 12.8. The minimum Gasteiger partial charge on any atom is -0.410 e. The van der Waals surface area contributed by atoms with Crippen LogP contribution in [0.1, 0.15) is 24.0 Å². The van der Waals surface area contributed by atoms with Crippen LogP contribution >= 0.6 is 11.8 Å². The molecule has 16 nitrogen and oxygen atoms in total. The zero-order valence-electron chi connectivity index (χ0n) is 28.7. The summed E-state index contributed by atoms with van der Waals surface area (Å²) in [6.07, 6.45) is -0.553. The summed E-state index contributed by atoms with van der Waals surface area (Å²) in [7, 11) is 0. The average Bonchev–Trinajstić information content (AvgIpc) is 3.41. The van der Waals surface area contributed by atoms with Crippen molar-refractivity contribution in [2.75, 3.05) is 24.2 Å². The van der Waals surface area contributed by atoms with E-state index in [4.69, 9.17) is 21.9 Å². The number of likely N-dealkylation sites (tertiary alicyclic amines) is 1. The van der Waals surface area contributed by atoms with Gasteiger partial charge in [0.05, 0.1) is 30.4 Å². The Labute approximate surface area is 309 Å². The summed E-state index contributed by atoms with van der Waals surface area (Å²) in [6.45, 7) is -0.394. The van der Waals surface area contributed by atoms with Gasteiger partial charge < -0.3 is 43.2 Å². The Kier molecular flexibility index (Phi) is 14.9. The first-order valence-corrected chi connectivity index (χ1v) is 17.7. The molecule has 1 saturated heterocycles. The van der Waals surface area contributed by atoms with Crippen LogP contribution in [-0.4, -0.2) is 88.7 Å². The summed E-state index contributed by atoms with van der Waals surface area (Å²) < 4.78 is 5.24. The summed E-state index contributed by atoms with van der Waals surface area (Å²) >= 11 is 1.04. The van der Waals surface area contributed by atoms with Gasteiger partial charge in [0, 0.05) is 24.4 Å². The minimum absolute atomic E-state index is 0.0143. The number of hydrogen-bond acceptors (Lipinski definition) is 11. The Morgan fingerprint density at radius 2 is 1.49 bits per heavy atom. The van der Waals surface area contributed by atoms with Crippen molar-refractivity contribution in [2.45, 2.75) is 49.2 Å². The molecule has 17 heteroatoms. The van der Waals surface area contributed by atoms with E-state index in [9.17, 15) is 33.6 Å². The largest absolute Gasteiger partial charge is 0.412 e. The van der Waals surface area contributed by atoms with Crippen LogP contribution in [0.15, 0.2) is 84.9 Å². The molecule has 1 aliphatic heterocycles. The van der Waals surface area contributed by atoms with Gasteiger partial charge in [-0.1, -0.05) is 60.7 Å². The number of primary amides is 1. The molecular formula is C36H42N8O8S. The monoisotopic (exact) mass is 746 g/mol. The van der Waals surface area contributed by atoms with Crippen LogP contribution in [0.25, 0.3) is 0 Å². The van der Waals surface area contributed by atoms with Crippen molar-refractivity contribution in [3.63, 3.8) is 0 Å². The Hall–Kier alpha value is -5.78. The molecule has 0 bridgehead atoms. The molecule has 280 valence electrons. The number of imide groups is 1. The van der Waals surface area contributed by atoms with Gasteiger partial charge in [0.2, 0.25) is 35.4 Å². The number of amides is 7. The van der Waals surface area contributed by atoms with Crippen LogP contribution in [0.5, 0.6) is 5.75 Å². The summed E-state index contributed by atoms with van der Waals surface area (Å²) in [4.78, 5) is 88.0. The number of ether oxygens (including phenoxy) is 1. The molecule has 0 aromatic heterocycles. The Morgan fingerprint density at radius 1 is 0.830 bits per heavy atom. The molecule has 1 unspecified atom stereocenters. The van der Waals surface area contributed by atoms with Crippen molar-refractivity contribution in [3.8, 4) is 5.75 Å². The van der Waals surface area contributed by atoms with Crippen molar-refractivity contribution >= 4 is 59.0 Å². The van der Waals surface area contributed by atoms with E-state index in [2.05, 4.69) is 21.3 Å². The normalized spacial score (nSPS) is 15.5. The van der Waals surface area contributed by atoms with E-state index >= 15 is 0 Å². The molecule has 1 fully saturated rings. The highest BCUT2D eigenvalue weighted by Gasteiger charge is 2.39. The van der Waals surface area contributed by atoms with Crippen molar-refractivity contribution in [1.82, 2.24) is 20.9 Å². The van der Waals surface area contributed by atoms with Gasteiger partial charge in [-0.3, -0.25) is 33.7 Å². The number of benzene rings is 3. The topological polar surface area (TPSA) is 258 Å². The second-order valence-corrected chi connectivity index (χ2v) is 13.3. The van der Waals surface area contributed by atoms with Crippen LogP contribution in [0.4, 0.5) is 10.5 Å². The van der Waals surface area contributed by atoms with Gasteiger partial charge in [0.15, 0.2) is 0 Å². The second-order valence-electron chi connectivity index (χ2n) is 12.1. The van der Waals surface area contributed by atoms with Gasteiger partial charge in [-0.05, 0) is 48.2 Å². The standard InChI is InChI=1S/C36H42N8O8S/c37-26(15-16-40-36(51)52-25-13-11-22(12-14-25)17-27(38)34(49)42-24-9-5-2-6-10-24)33(48)41-19-30(45)43-28(32(39)47)21-53-29-18-31(46)44(35(29)50)20-23-7-3-1-4-8-23/h1-14,26-29H,15-21,37-38H2,(H2,39,47)(H,40,51)(H,41,48)(H,42,49)(H,43,45)/t26-,27-,28-,29?/m0/s1. The molecule has 4 atom stereocenters. The number of carbonyl (C=O) groups is 7. The number of hydrogen-bond donors (Lipinski definition) is 7. The summed E-state index contributed by atoms with van der Waals surface area (Å²) in [5.74, 6) is -3.14. The molecule has 53 heavy (non-hydrogen) atoms. The lowest BCUT2D eigenvalue weighted by Crippen LogP contribution is -2.51. The Bertz CT molecular complexity index is 1760. The molecule has 3 aromatic rings. The first kappa shape index (κ1) is 40.0. The van der Waals surface area contributed by atoms with Crippen molar-refractivity contribution in [2.24, 2.45) is 17.2 Å². The van der Waals surface area contributed by atoms with E-state index in [-0.39, 0.29) is 61.6 Å². The number of nitrogens with zero attached hydrogens (tertiary/aromatic N) is 1. The number of para-hydroxylation sites is 1. The lowest BCUT2D eigenvalue weighted by molar-refractivity contribution is -0.139. The minimum atomic E-state index is -1.17. The number of thioether (sulfide) groups is 1. The SMILES string of the molecule is NC(=O)[C@H](CSC1CC(=O)N(Cc2ccccc2)C1=O)NC(=O)CNC(=O)[C@@H](N)CCNC(=O)Oc1ccc(C[C@H](N)C(=O)Nc2ccccc2)cc1. The fraction of sp³-hybridized carbons (Fsp3) is 0.306. The summed E-state index contributed by atoms with van der Waals surface area (Å²) in [6, 6.07) is 21.4. The molecule has 0 radical (unpaired) electrons. The fourth-order valence-corrected chi connectivity index (χ4v) is 6.27. The number of rotatable bonds is 18. The molecule has 0 saturated carbocycles. The van der Waals surface area contributed by atoms with Crippen molar-refractivity contribution in [1.29, 1.82) is 0 Å². The lowest BCUT2D eigenvalue weighted by Gasteiger charge is -2.18. The molecule has 1 aliphatic rings. The fourth-order valence-electron chi connectivity index (χ4n) is 5.07. The molecule has 10 N–H and O–H groups in total. The van der Waals surface area contributed by atoms with E-state index in [1.54, 1.807) is 72.8 Å². The van der Waals surface area contributed by atoms with Gasteiger partial charge in [0.1, 0.15) is 11.8 Å². The first-order valence-electron chi connectivity index (χ1n) is 16.7. The van der Waals surface area contributed by atoms with E-state index in [1.807, 2.05) is 12.1 Å². The Balaban J connectivity index is 1.11. The zero-order valence-corrected chi connectivity index (χ0v) is 29.5. The average molecular weight is 747 g/mol. The predicted octanol–water partition coefficient (Wildman–Crippen LogP) is 0.148. The number of nitrogens with two attached hydrogens (primary N) is 3. The second kappa shape index (κ2) is 19.7. The molecule has 1 heterocycles. The summed E-state index contributed by atoms with van der Waals surface area (Å²) in [5.41, 5.74) is 19.6. The van der Waals surface area contributed by atoms with E-state index < -0.39 is 53.7 Å². The molecular weight excluding hydrogens is 705 g/mol. The first-order chi connectivity index (χ1) is 25.4. The predicted molar refractivity (Wildman–Crippen MR) is 197 cm³/mol. The maximum absolute atomic E-state index is 12.8. The van der Waals surface area contributed by atoms with Crippen LogP contribution in [-0.2, 0) is 41.7 Å². The van der Waals surface area contributed by atoms with Gasteiger partial charge >= 0.3 is 6.09 Å². The van der Waals surface area contributed by atoms with Gasteiger partial charge in [-0.15, -0.1) is 11.8 Å². The van der Waals surface area contributed by atoms with E-state index in [0.29, 0.717) is 5.69 Å². The van der Waals surface area contributed by atoms with E-state index in [0.717, 1.165) is 27.8 Å². The van der Waals surface area contributed by atoms with E-state index in [1.165, 1.54) is 0 Å². The highest BCUT2D eigenvalue weighted by atomic mass is 32.2. The highest BCUT2D eigenvalue weighted by molar-refractivity contribution is 8.00. The molecule has 7 amide bonds. The maximum Gasteiger partial charge on any atom is 0.412 e. The third-order valence-corrected chi connectivity index (χ3v) is 9.28. The van der Waals surface area contributed by atoms with Gasteiger partial charge in [-0.25, -0.2) is 4.79 Å². The number of nitrogens with one attached hydrogen (secondary N) is 4.